The monoisotopic (exact) mass is 551 g/mol. The Morgan fingerprint density at radius 3 is 2.58 bits per heavy atom. The molecule has 1 fully saturated rings. The fraction of sp³-hybridized carbons (Fsp3) is 0.654. The van der Waals surface area contributed by atoms with E-state index in [9.17, 15) is 24.0 Å². The van der Waals surface area contributed by atoms with Crippen molar-refractivity contribution in [1.29, 1.82) is 0 Å². The molecule has 11 nitrogen and oxygen atoms in total. The maximum Gasteiger partial charge on any atom is 0.322 e. The van der Waals surface area contributed by atoms with E-state index in [4.69, 9.17) is 20.7 Å². The van der Waals surface area contributed by atoms with Crippen LogP contribution in [-0.2, 0) is 28.7 Å². The highest BCUT2D eigenvalue weighted by atomic mass is 32.2. The van der Waals surface area contributed by atoms with Crippen LogP contribution in [-0.4, -0.2) is 69.6 Å². The molecule has 1 aliphatic heterocycles. The number of ether oxygens (including phenoxy) is 1. The van der Waals surface area contributed by atoms with Gasteiger partial charge in [-0.25, -0.2) is 0 Å². The van der Waals surface area contributed by atoms with Gasteiger partial charge < -0.3 is 31.3 Å². The molecule has 2 aliphatic carbocycles. The van der Waals surface area contributed by atoms with Crippen LogP contribution in [0, 0.1) is 11.3 Å². The van der Waals surface area contributed by atoms with Crippen molar-refractivity contribution in [3.63, 3.8) is 0 Å². The molecule has 1 saturated carbocycles. The van der Waals surface area contributed by atoms with E-state index in [0.717, 1.165) is 50.5 Å². The van der Waals surface area contributed by atoms with Crippen molar-refractivity contribution in [2.75, 3.05) is 12.3 Å². The predicted octanol–water partition coefficient (Wildman–Crippen LogP) is 1.71. The first-order valence-electron chi connectivity index (χ1n) is 13.1. The number of carbonyl (C=O) groups is 5. The first-order valence-corrected chi connectivity index (χ1v) is 14.1. The number of hydrogen-bond acceptors (Lipinski definition) is 8. The smallest absolute Gasteiger partial charge is 0.322 e. The quantitative estimate of drug-likeness (QED) is 0.157. The van der Waals surface area contributed by atoms with E-state index in [0.29, 0.717) is 5.76 Å². The van der Waals surface area contributed by atoms with Crippen LogP contribution in [0.2, 0.25) is 0 Å². The first kappa shape index (κ1) is 29.7. The summed E-state index contributed by atoms with van der Waals surface area (Å²) in [5, 5.41) is 22.7. The number of allylic oxidation sites excluding steroid dienone is 1. The van der Waals surface area contributed by atoms with Crippen molar-refractivity contribution in [3.8, 4) is 0 Å². The van der Waals surface area contributed by atoms with Crippen LogP contribution in [0.25, 0.3) is 0 Å². The molecular weight excluding hydrogens is 514 g/mol. The van der Waals surface area contributed by atoms with Crippen LogP contribution in [0.15, 0.2) is 23.5 Å². The number of nitrogens with one attached hydrogen (secondary N) is 2. The lowest BCUT2D eigenvalue weighted by Crippen LogP contribution is -2.50. The number of fused-ring (bicyclic) bond motifs is 1. The summed E-state index contributed by atoms with van der Waals surface area (Å²) in [6, 6.07) is -2.29. The summed E-state index contributed by atoms with van der Waals surface area (Å²) < 4.78 is 5.88. The third-order valence-electron chi connectivity index (χ3n) is 7.66. The number of cyclic esters (lactones) is 1. The third-order valence-corrected chi connectivity index (χ3v) is 9.23. The highest BCUT2D eigenvalue weighted by molar-refractivity contribution is 8.00. The molecule has 0 radical (unpaired) electrons. The Balaban J connectivity index is 1.82. The van der Waals surface area contributed by atoms with Crippen molar-refractivity contribution in [3.05, 3.63) is 23.5 Å². The molecule has 1 heterocycles. The second-order valence-corrected chi connectivity index (χ2v) is 11.2. The molecule has 2 amide bonds. The van der Waals surface area contributed by atoms with Gasteiger partial charge in [0.05, 0.1) is 11.2 Å². The minimum Gasteiger partial charge on any atom is -0.480 e. The zero-order valence-corrected chi connectivity index (χ0v) is 22.4. The summed E-state index contributed by atoms with van der Waals surface area (Å²) in [6.07, 6.45) is 9.95. The lowest BCUT2D eigenvalue weighted by molar-refractivity contribution is -0.140. The molecule has 0 aromatic carbocycles. The van der Waals surface area contributed by atoms with Gasteiger partial charge in [-0.1, -0.05) is 31.9 Å². The Morgan fingerprint density at radius 2 is 1.95 bits per heavy atom. The number of rotatable bonds is 14. The van der Waals surface area contributed by atoms with E-state index < -0.39 is 42.4 Å². The summed E-state index contributed by atoms with van der Waals surface area (Å²) in [4.78, 5) is 60.1. The Kier molecular flexibility index (Phi) is 10.4. The molecule has 0 aromatic heterocycles. The Labute approximate surface area is 226 Å². The maximum absolute atomic E-state index is 12.9. The molecule has 4 unspecified atom stereocenters. The number of aliphatic carboxylic acids is 2. The largest absolute Gasteiger partial charge is 0.480 e. The van der Waals surface area contributed by atoms with Crippen molar-refractivity contribution in [2.24, 2.45) is 17.1 Å². The number of hydrogen-bond donors (Lipinski definition) is 5. The molecular formula is C26H37N3O8S. The van der Waals surface area contributed by atoms with Gasteiger partial charge in [0.25, 0.3) is 0 Å². The Hall–Kier alpha value is -2.86. The molecule has 12 heteroatoms. The number of esters is 1. The number of amides is 2. The summed E-state index contributed by atoms with van der Waals surface area (Å²) >= 11 is 1.44. The fourth-order valence-corrected chi connectivity index (χ4v) is 7.17. The highest BCUT2D eigenvalue weighted by Crippen LogP contribution is 2.53. The van der Waals surface area contributed by atoms with E-state index in [-0.39, 0.29) is 41.1 Å². The van der Waals surface area contributed by atoms with Gasteiger partial charge in [-0.05, 0) is 49.5 Å². The predicted molar refractivity (Wildman–Crippen MR) is 140 cm³/mol. The lowest BCUT2D eigenvalue weighted by Gasteiger charge is -2.37. The molecule has 3 aliphatic rings. The van der Waals surface area contributed by atoms with E-state index in [1.807, 2.05) is 12.2 Å². The Morgan fingerprint density at radius 1 is 1.24 bits per heavy atom. The van der Waals surface area contributed by atoms with Crippen molar-refractivity contribution in [2.45, 2.75) is 82.0 Å². The molecule has 0 aromatic rings. The zero-order chi connectivity index (χ0) is 27.9. The standard InChI is InChI=1S/C26H37N3O8S/c1-2-26(11-5-6-12-26)22(21-15-7-3-4-8-16(15)25(36)37-21)38-14-18(23(33)28-13-20(31)32)29-19(30)10-9-17(27)24(34)35/h4,8,16-18,22H,2-3,5-7,9-14,27H2,1H3,(H,28,33)(H,29,30)(H,31,32)(H,34,35). The molecule has 6 N–H and O–H groups in total. The Bertz CT molecular complexity index is 1000. The first-order chi connectivity index (χ1) is 18.1. The number of carboxylic acids is 2. The van der Waals surface area contributed by atoms with Gasteiger partial charge in [-0.2, -0.15) is 0 Å². The molecule has 0 spiro atoms. The summed E-state index contributed by atoms with van der Waals surface area (Å²) in [5.74, 6) is -3.57. The van der Waals surface area contributed by atoms with Crippen molar-refractivity contribution >= 4 is 41.5 Å². The second kappa shape index (κ2) is 13.3. The van der Waals surface area contributed by atoms with Gasteiger partial charge in [0, 0.05) is 12.2 Å². The van der Waals surface area contributed by atoms with Crippen LogP contribution >= 0.6 is 11.8 Å². The molecule has 0 bridgehead atoms. The molecule has 210 valence electrons. The highest BCUT2D eigenvalue weighted by Gasteiger charge is 2.48. The van der Waals surface area contributed by atoms with E-state index in [2.05, 4.69) is 17.6 Å². The normalized spacial score (nSPS) is 22.3. The van der Waals surface area contributed by atoms with Crippen LogP contribution in [0.3, 0.4) is 0 Å². The van der Waals surface area contributed by atoms with Crippen LogP contribution in [0.4, 0.5) is 0 Å². The molecule has 38 heavy (non-hydrogen) atoms. The lowest BCUT2D eigenvalue weighted by atomic mass is 9.77. The zero-order valence-electron chi connectivity index (χ0n) is 21.6. The van der Waals surface area contributed by atoms with E-state index in [1.54, 1.807) is 0 Å². The van der Waals surface area contributed by atoms with Gasteiger partial charge in [0.15, 0.2) is 0 Å². The number of thioether (sulfide) groups is 1. The minimum absolute atomic E-state index is 0.111. The number of carboxylic acid groups (broad SMARTS) is 2. The van der Waals surface area contributed by atoms with Crippen molar-refractivity contribution < 1.29 is 38.9 Å². The molecule has 0 saturated heterocycles. The second-order valence-electron chi connectivity index (χ2n) is 10.1. The number of carbonyl (C=O) groups excluding carboxylic acids is 3. The van der Waals surface area contributed by atoms with Gasteiger partial charge in [0.1, 0.15) is 24.4 Å². The third kappa shape index (κ3) is 7.16. The average molecular weight is 552 g/mol. The SMILES string of the molecule is CCC1(C(SCC(NC(=O)CCC(N)C(=O)O)C(=O)NCC(=O)O)C2=C3CCC=CC3C(=O)O2)CCCC1. The van der Waals surface area contributed by atoms with Crippen molar-refractivity contribution in [1.82, 2.24) is 10.6 Å². The fourth-order valence-electron chi connectivity index (χ4n) is 5.45. The van der Waals surface area contributed by atoms with Crippen LogP contribution < -0.4 is 16.4 Å². The van der Waals surface area contributed by atoms with Crippen LogP contribution in [0.1, 0.15) is 64.7 Å². The van der Waals surface area contributed by atoms with Gasteiger partial charge in [0.2, 0.25) is 11.8 Å². The van der Waals surface area contributed by atoms with Gasteiger partial charge in [-0.3, -0.25) is 24.0 Å². The summed E-state index contributed by atoms with van der Waals surface area (Å²) in [6.45, 7) is 1.51. The summed E-state index contributed by atoms with van der Waals surface area (Å²) in [7, 11) is 0. The summed E-state index contributed by atoms with van der Waals surface area (Å²) in [5.41, 5.74) is 6.33. The molecule has 3 rings (SSSR count). The van der Waals surface area contributed by atoms with E-state index in [1.165, 1.54) is 11.8 Å². The average Bonchev–Trinajstić information content (AvgIpc) is 3.51. The van der Waals surface area contributed by atoms with Gasteiger partial charge in [-0.15, -0.1) is 11.8 Å². The topological polar surface area (TPSA) is 185 Å². The van der Waals surface area contributed by atoms with Gasteiger partial charge >= 0.3 is 17.9 Å². The maximum atomic E-state index is 12.9. The minimum atomic E-state index is -1.23. The number of nitrogens with two attached hydrogens (primary N) is 1. The molecule has 4 atom stereocenters. The van der Waals surface area contributed by atoms with E-state index >= 15 is 0 Å². The van der Waals surface area contributed by atoms with Crippen LogP contribution in [0.5, 0.6) is 0 Å².